The largest absolute Gasteiger partial charge is 0.352 e. The summed E-state index contributed by atoms with van der Waals surface area (Å²) in [6, 6.07) is 0.300. The second-order valence-corrected chi connectivity index (χ2v) is 5.23. The van der Waals surface area contributed by atoms with Gasteiger partial charge in [0.15, 0.2) is 0 Å². The fraction of sp³-hybridized carbons (Fsp3) is 0.889. The highest BCUT2D eigenvalue weighted by Gasteiger charge is 2.24. The molecule has 0 aromatic carbocycles. The third-order valence-corrected chi connectivity index (χ3v) is 4.41. The van der Waals surface area contributed by atoms with Crippen molar-refractivity contribution in [1.82, 2.24) is 5.32 Å². The lowest BCUT2D eigenvalue weighted by Gasteiger charge is -2.16. The van der Waals surface area contributed by atoms with Crippen LogP contribution in [0.1, 0.15) is 26.2 Å². The van der Waals surface area contributed by atoms with Crippen LogP contribution < -0.4 is 5.32 Å². The van der Waals surface area contributed by atoms with E-state index in [1.54, 1.807) is 11.8 Å². The van der Waals surface area contributed by atoms with E-state index in [1.165, 1.54) is 6.42 Å². The molecule has 76 valence electrons. The van der Waals surface area contributed by atoms with E-state index >= 15 is 0 Å². The maximum atomic E-state index is 11.6. The smallest absolute Gasteiger partial charge is 0.233 e. The molecule has 0 aliphatic carbocycles. The summed E-state index contributed by atoms with van der Waals surface area (Å²) in [5.41, 5.74) is 0. The Kier molecular flexibility index (Phi) is 5.17. The summed E-state index contributed by atoms with van der Waals surface area (Å²) in [6.07, 6.45) is 3.23. The standard InChI is InChI=1S/C9H16BrNOS/c1-2-7(6-10)11-9(12)8-4-3-5-13-8/h7-8H,2-6H2,1H3,(H,11,12). The average Bonchev–Trinajstić information content (AvgIpc) is 2.66. The second-order valence-electron chi connectivity index (χ2n) is 3.27. The number of hydrogen-bond acceptors (Lipinski definition) is 2. The number of hydrogen-bond donors (Lipinski definition) is 1. The molecule has 4 heteroatoms. The van der Waals surface area contributed by atoms with E-state index in [-0.39, 0.29) is 11.2 Å². The third-order valence-electron chi connectivity index (χ3n) is 2.25. The van der Waals surface area contributed by atoms with E-state index in [4.69, 9.17) is 0 Å². The van der Waals surface area contributed by atoms with Gasteiger partial charge in [-0.25, -0.2) is 0 Å². The predicted octanol–water partition coefficient (Wildman–Crippen LogP) is 2.17. The van der Waals surface area contributed by atoms with Gasteiger partial charge in [-0.2, -0.15) is 0 Å². The van der Waals surface area contributed by atoms with Crippen LogP contribution in [0, 0.1) is 0 Å². The molecule has 1 heterocycles. The molecule has 1 aliphatic rings. The molecule has 1 amide bonds. The zero-order chi connectivity index (χ0) is 9.68. The van der Waals surface area contributed by atoms with Gasteiger partial charge in [0.1, 0.15) is 0 Å². The van der Waals surface area contributed by atoms with Crippen LogP contribution in [-0.2, 0) is 4.79 Å². The van der Waals surface area contributed by atoms with Gasteiger partial charge in [0, 0.05) is 11.4 Å². The van der Waals surface area contributed by atoms with Crippen LogP contribution in [-0.4, -0.2) is 28.3 Å². The van der Waals surface area contributed by atoms with Crippen LogP contribution in [0.15, 0.2) is 0 Å². The number of carbonyl (C=O) groups is 1. The predicted molar refractivity (Wildman–Crippen MR) is 61.5 cm³/mol. The third kappa shape index (κ3) is 3.50. The minimum atomic E-state index is 0.216. The molecule has 1 fully saturated rings. The molecule has 0 saturated carbocycles. The lowest BCUT2D eigenvalue weighted by Crippen LogP contribution is -2.40. The Hall–Kier alpha value is 0.300. The van der Waals surface area contributed by atoms with Gasteiger partial charge in [0.25, 0.3) is 0 Å². The molecule has 1 aliphatic heterocycles. The zero-order valence-electron chi connectivity index (χ0n) is 7.88. The first kappa shape index (κ1) is 11.4. The van der Waals surface area contributed by atoms with Gasteiger partial charge >= 0.3 is 0 Å². The Morgan fingerprint density at radius 1 is 1.77 bits per heavy atom. The summed E-state index contributed by atoms with van der Waals surface area (Å²) in [6.45, 7) is 2.09. The van der Waals surface area contributed by atoms with Crippen molar-refractivity contribution < 1.29 is 4.79 Å². The average molecular weight is 266 g/mol. The van der Waals surface area contributed by atoms with Gasteiger partial charge in [-0.1, -0.05) is 22.9 Å². The molecule has 2 atom stereocenters. The van der Waals surface area contributed by atoms with E-state index in [9.17, 15) is 4.79 Å². The first-order valence-electron chi connectivity index (χ1n) is 4.75. The van der Waals surface area contributed by atoms with Crippen molar-refractivity contribution in [3.8, 4) is 0 Å². The van der Waals surface area contributed by atoms with Crippen LogP contribution in [0.25, 0.3) is 0 Å². The normalized spacial score (nSPS) is 24.3. The topological polar surface area (TPSA) is 29.1 Å². The molecule has 0 aromatic rings. The second kappa shape index (κ2) is 5.91. The number of amides is 1. The lowest BCUT2D eigenvalue weighted by molar-refractivity contribution is -0.121. The molecule has 13 heavy (non-hydrogen) atoms. The van der Waals surface area contributed by atoms with E-state index in [2.05, 4.69) is 28.2 Å². The zero-order valence-corrected chi connectivity index (χ0v) is 10.3. The summed E-state index contributed by atoms with van der Waals surface area (Å²) < 4.78 is 0. The summed E-state index contributed by atoms with van der Waals surface area (Å²) >= 11 is 5.18. The van der Waals surface area contributed by atoms with Crippen molar-refractivity contribution in [3.63, 3.8) is 0 Å². The van der Waals surface area contributed by atoms with Gasteiger partial charge in [-0.05, 0) is 25.0 Å². The van der Waals surface area contributed by atoms with Gasteiger partial charge in [0.05, 0.1) is 5.25 Å². The van der Waals surface area contributed by atoms with Crippen molar-refractivity contribution in [1.29, 1.82) is 0 Å². The number of rotatable bonds is 4. The number of alkyl halides is 1. The number of thioether (sulfide) groups is 1. The number of nitrogens with one attached hydrogen (secondary N) is 1. The molecule has 1 rings (SSSR count). The van der Waals surface area contributed by atoms with Crippen molar-refractivity contribution in [3.05, 3.63) is 0 Å². The van der Waals surface area contributed by atoms with E-state index in [0.29, 0.717) is 6.04 Å². The molecular weight excluding hydrogens is 250 g/mol. The van der Waals surface area contributed by atoms with Crippen LogP contribution in [0.4, 0.5) is 0 Å². The van der Waals surface area contributed by atoms with Crippen LogP contribution >= 0.6 is 27.7 Å². The minimum absolute atomic E-state index is 0.216. The Morgan fingerprint density at radius 2 is 2.54 bits per heavy atom. The highest BCUT2D eigenvalue weighted by Crippen LogP contribution is 2.26. The van der Waals surface area contributed by atoms with Crippen LogP contribution in [0.3, 0.4) is 0 Å². The molecule has 1 N–H and O–H groups in total. The maximum absolute atomic E-state index is 11.6. The highest BCUT2D eigenvalue weighted by molar-refractivity contribution is 9.09. The van der Waals surface area contributed by atoms with E-state index < -0.39 is 0 Å². The molecule has 0 bridgehead atoms. The maximum Gasteiger partial charge on any atom is 0.233 e. The van der Waals surface area contributed by atoms with E-state index in [0.717, 1.165) is 23.9 Å². The van der Waals surface area contributed by atoms with Crippen molar-refractivity contribution >= 4 is 33.6 Å². The molecule has 2 unspecified atom stereocenters. The fourth-order valence-electron chi connectivity index (χ4n) is 1.33. The first-order chi connectivity index (χ1) is 6.27. The number of halogens is 1. The summed E-state index contributed by atoms with van der Waals surface area (Å²) in [5.74, 6) is 1.37. The highest BCUT2D eigenvalue weighted by atomic mass is 79.9. The van der Waals surface area contributed by atoms with Crippen molar-refractivity contribution in [2.75, 3.05) is 11.1 Å². The van der Waals surface area contributed by atoms with E-state index in [1.807, 2.05) is 0 Å². The lowest BCUT2D eigenvalue weighted by atomic mass is 10.2. The first-order valence-corrected chi connectivity index (χ1v) is 6.93. The van der Waals surface area contributed by atoms with Gasteiger partial charge in [0.2, 0.25) is 5.91 Å². The van der Waals surface area contributed by atoms with Crippen LogP contribution in [0.5, 0.6) is 0 Å². The quantitative estimate of drug-likeness (QED) is 0.790. The Bertz CT molecular complexity index is 167. The summed E-state index contributed by atoms with van der Waals surface area (Å²) in [5, 5.41) is 4.12. The van der Waals surface area contributed by atoms with Gasteiger partial charge in [-0.3, -0.25) is 4.79 Å². The fourth-order valence-corrected chi connectivity index (χ4v) is 3.12. The van der Waals surface area contributed by atoms with Crippen molar-refractivity contribution in [2.45, 2.75) is 37.5 Å². The molecule has 0 spiro atoms. The summed E-state index contributed by atoms with van der Waals surface area (Å²) in [7, 11) is 0. The SMILES string of the molecule is CCC(CBr)NC(=O)C1CCCS1. The Balaban J connectivity index is 2.30. The number of carbonyl (C=O) groups excluding carboxylic acids is 1. The molecular formula is C9H16BrNOS. The minimum Gasteiger partial charge on any atom is -0.352 e. The van der Waals surface area contributed by atoms with Gasteiger partial charge in [-0.15, -0.1) is 11.8 Å². The Morgan fingerprint density at radius 3 is 3.00 bits per heavy atom. The molecule has 1 saturated heterocycles. The molecule has 2 nitrogen and oxygen atoms in total. The van der Waals surface area contributed by atoms with Crippen molar-refractivity contribution in [2.24, 2.45) is 0 Å². The monoisotopic (exact) mass is 265 g/mol. The van der Waals surface area contributed by atoms with Crippen LogP contribution in [0.2, 0.25) is 0 Å². The summed E-state index contributed by atoms with van der Waals surface area (Å²) in [4.78, 5) is 11.6. The molecule has 0 radical (unpaired) electrons. The molecule has 0 aromatic heterocycles. The Labute approximate surface area is 92.4 Å². The van der Waals surface area contributed by atoms with Gasteiger partial charge < -0.3 is 5.32 Å².